The van der Waals surface area contributed by atoms with Crippen molar-refractivity contribution in [3.63, 3.8) is 0 Å². The average molecular weight is 500 g/mol. The molecular formula is C29H25NO7. The number of carbonyl (C=O) groups excluding carboxylic acids is 2. The van der Waals surface area contributed by atoms with Gasteiger partial charge in [-0.25, -0.2) is 0 Å². The third kappa shape index (κ3) is 3.85. The molecule has 2 unspecified atom stereocenters. The van der Waals surface area contributed by atoms with E-state index in [1.807, 2.05) is 13.0 Å². The van der Waals surface area contributed by atoms with Gasteiger partial charge >= 0.3 is 0 Å². The van der Waals surface area contributed by atoms with Gasteiger partial charge in [0.25, 0.3) is 11.7 Å². The number of hydrogen-bond donors (Lipinski definition) is 1. The molecule has 3 aromatic carbocycles. The van der Waals surface area contributed by atoms with Crippen molar-refractivity contribution < 1.29 is 33.6 Å². The lowest BCUT2D eigenvalue weighted by Crippen LogP contribution is -2.29. The predicted molar refractivity (Wildman–Crippen MR) is 135 cm³/mol. The Morgan fingerprint density at radius 2 is 1.76 bits per heavy atom. The van der Waals surface area contributed by atoms with E-state index in [2.05, 4.69) is 0 Å². The zero-order valence-electron chi connectivity index (χ0n) is 20.4. The largest absolute Gasteiger partial charge is 0.507 e. The molecule has 0 aromatic heterocycles. The highest BCUT2D eigenvalue weighted by molar-refractivity contribution is 6.51. The molecule has 37 heavy (non-hydrogen) atoms. The molecule has 1 fully saturated rings. The molecule has 1 saturated heterocycles. The standard InChI is InChI=1S/C29H25NO7/c1-16-12-19-13-18(6-8-22(19)37-16)27(31)25-26(17-4-3-5-21(14-17)34-2)30(29(33)28(25)32)20-7-9-23-24(15-20)36-11-10-35-23/h3-9,13-16,26,31H,10-12H2,1-2H3/b27-25+. The number of anilines is 1. The minimum Gasteiger partial charge on any atom is -0.507 e. The smallest absolute Gasteiger partial charge is 0.300 e. The number of aliphatic hydroxyl groups excluding tert-OH is 1. The van der Waals surface area contributed by atoms with Crippen LogP contribution in [0.5, 0.6) is 23.0 Å². The summed E-state index contributed by atoms with van der Waals surface area (Å²) in [5, 5.41) is 11.5. The maximum absolute atomic E-state index is 13.5. The van der Waals surface area contributed by atoms with Crippen LogP contribution >= 0.6 is 0 Å². The summed E-state index contributed by atoms with van der Waals surface area (Å²) in [4.78, 5) is 28.4. The van der Waals surface area contributed by atoms with Crippen molar-refractivity contribution in [2.24, 2.45) is 0 Å². The van der Waals surface area contributed by atoms with Crippen molar-refractivity contribution in [2.75, 3.05) is 25.2 Å². The topological polar surface area (TPSA) is 94.5 Å². The van der Waals surface area contributed by atoms with E-state index in [0.29, 0.717) is 53.7 Å². The highest BCUT2D eigenvalue weighted by atomic mass is 16.6. The first-order valence-electron chi connectivity index (χ1n) is 12.1. The van der Waals surface area contributed by atoms with Crippen LogP contribution < -0.4 is 23.8 Å². The summed E-state index contributed by atoms with van der Waals surface area (Å²) in [7, 11) is 1.55. The highest BCUT2D eigenvalue weighted by Crippen LogP contribution is 2.45. The molecule has 2 atom stereocenters. The van der Waals surface area contributed by atoms with Gasteiger partial charge in [-0.2, -0.15) is 0 Å². The number of hydrogen-bond acceptors (Lipinski definition) is 7. The maximum Gasteiger partial charge on any atom is 0.300 e. The number of amides is 1. The van der Waals surface area contributed by atoms with E-state index in [1.165, 1.54) is 4.90 Å². The molecule has 0 bridgehead atoms. The van der Waals surface area contributed by atoms with Crippen LogP contribution in [0, 0.1) is 0 Å². The van der Waals surface area contributed by atoms with Crippen LogP contribution in [0.4, 0.5) is 5.69 Å². The van der Waals surface area contributed by atoms with E-state index < -0.39 is 17.7 Å². The van der Waals surface area contributed by atoms with Crippen LogP contribution in [-0.2, 0) is 16.0 Å². The Labute approximate surface area is 213 Å². The summed E-state index contributed by atoms with van der Waals surface area (Å²) in [6, 6.07) is 16.6. The fraction of sp³-hybridized carbons (Fsp3) is 0.241. The minimum absolute atomic E-state index is 0.0000518. The quantitative estimate of drug-likeness (QED) is 0.323. The number of fused-ring (bicyclic) bond motifs is 2. The first-order chi connectivity index (χ1) is 17.9. The van der Waals surface area contributed by atoms with Crippen LogP contribution in [0.25, 0.3) is 5.76 Å². The summed E-state index contributed by atoms with van der Waals surface area (Å²) in [6.45, 7) is 2.79. The van der Waals surface area contributed by atoms with Gasteiger partial charge in [0.05, 0.1) is 18.7 Å². The monoisotopic (exact) mass is 499 g/mol. The minimum atomic E-state index is -0.888. The predicted octanol–water partition coefficient (Wildman–Crippen LogP) is 4.42. The Bertz CT molecular complexity index is 1460. The number of benzene rings is 3. The Morgan fingerprint density at radius 3 is 2.57 bits per heavy atom. The van der Waals surface area contributed by atoms with E-state index in [4.69, 9.17) is 18.9 Å². The number of nitrogens with zero attached hydrogens (tertiary/aromatic N) is 1. The van der Waals surface area contributed by atoms with Crippen LogP contribution in [-0.4, -0.2) is 43.2 Å². The maximum atomic E-state index is 13.5. The zero-order chi connectivity index (χ0) is 25.7. The lowest BCUT2D eigenvalue weighted by Gasteiger charge is -2.27. The first kappa shape index (κ1) is 23.0. The number of carbonyl (C=O) groups is 2. The number of rotatable bonds is 4. The van der Waals surface area contributed by atoms with Crippen molar-refractivity contribution in [2.45, 2.75) is 25.5 Å². The third-order valence-corrected chi connectivity index (χ3v) is 6.83. The molecule has 0 aliphatic carbocycles. The molecule has 8 heteroatoms. The molecule has 3 aliphatic heterocycles. The van der Waals surface area contributed by atoms with Gasteiger partial charge in [-0.1, -0.05) is 12.1 Å². The van der Waals surface area contributed by atoms with Gasteiger partial charge in [0.2, 0.25) is 0 Å². The van der Waals surface area contributed by atoms with E-state index >= 15 is 0 Å². The van der Waals surface area contributed by atoms with Crippen LogP contribution in [0.2, 0.25) is 0 Å². The molecule has 0 spiro atoms. The van der Waals surface area contributed by atoms with Gasteiger partial charge in [0.1, 0.15) is 36.6 Å². The number of methoxy groups -OCH3 is 1. The third-order valence-electron chi connectivity index (χ3n) is 6.83. The van der Waals surface area contributed by atoms with E-state index in [1.54, 1.807) is 61.7 Å². The lowest BCUT2D eigenvalue weighted by molar-refractivity contribution is -0.132. The molecule has 3 aromatic rings. The number of ketones is 1. The van der Waals surface area contributed by atoms with E-state index in [0.717, 1.165) is 11.3 Å². The molecule has 1 N–H and O–H groups in total. The average Bonchev–Trinajstić information content (AvgIpc) is 3.43. The Hall–Kier alpha value is -4.46. The lowest BCUT2D eigenvalue weighted by atomic mass is 9.94. The van der Waals surface area contributed by atoms with E-state index in [-0.39, 0.29) is 17.4 Å². The van der Waals surface area contributed by atoms with Crippen molar-refractivity contribution in [3.8, 4) is 23.0 Å². The molecule has 8 nitrogen and oxygen atoms in total. The summed E-state index contributed by atoms with van der Waals surface area (Å²) in [5.41, 5.74) is 2.46. The molecule has 0 radical (unpaired) electrons. The summed E-state index contributed by atoms with van der Waals surface area (Å²) >= 11 is 0. The number of ether oxygens (including phenoxy) is 4. The molecule has 6 rings (SSSR count). The Balaban J connectivity index is 1.52. The molecule has 3 aliphatic rings. The normalized spacial score (nSPS) is 21.5. The fourth-order valence-electron chi connectivity index (χ4n) is 5.13. The SMILES string of the molecule is COc1cccc(C2/C(=C(\O)c3ccc4c(c3)CC(C)O4)C(=O)C(=O)N2c2ccc3c(c2)OCCO3)c1. The molecular weight excluding hydrogens is 474 g/mol. The molecule has 3 heterocycles. The van der Waals surface area contributed by atoms with Crippen LogP contribution in [0.1, 0.15) is 29.7 Å². The summed E-state index contributed by atoms with van der Waals surface area (Å²) in [5.74, 6) is 0.615. The highest BCUT2D eigenvalue weighted by Gasteiger charge is 2.47. The van der Waals surface area contributed by atoms with Gasteiger partial charge in [-0.15, -0.1) is 0 Å². The van der Waals surface area contributed by atoms with Gasteiger partial charge in [-0.05, 0) is 60.5 Å². The second-order valence-electron chi connectivity index (χ2n) is 9.23. The van der Waals surface area contributed by atoms with E-state index in [9.17, 15) is 14.7 Å². The number of aliphatic hydroxyl groups is 1. The molecule has 188 valence electrons. The van der Waals surface area contributed by atoms with Gasteiger partial charge in [0, 0.05) is 23.7 Å². The first-order valence-corrected chi connectivity index (χ1v) is 12.1. The Kier molecular flexibility index (Phi) is 5.52. The number of Topliss-reactive ketones (excluding diaryl/α,β-unsaturated/α-hetero) is 1. The van der Waals surface area contributed by atoms with Gasteiger partial charge in [-0.3, -0.25) is 14.5 Å². The van der Waals surface area contributed by atoms with Crippen molar-refractivity contribution in [3.05, 3.63) is 82.9 Å². The van der Waals surface area contributed by atoms with Crippen LogP contribution in [0.15, 0.2) is 66.2 Å². The molecule has 1 amide bonds. The zero-order valence-corrected chi connectivity index (χ0v) is 20.4. The second kappa shape index (κ2) is 8.89. The summed E-state index contributed by atoms with van der Waals surface area (Å²) < 4.78 is 22.5. The van der Waals surface area contributed by atoms with Crippen molar-refractivity contribution in [1.29, 1.82) is 0 Å². The van der Waals surface area contributed by atoms with Gasteiger partial charge in [0.15, 0.2) is 11.5 Å². The van der Waals surface area contributed by atoms with Crippen molar-refractivity contribution >= 4 is 23.1 Å². The molecule has 0 saturated carbocycles. The van der Waals surface area contributed by atoms with Gasteiger partial charge < -0.3 is 24.1 Å². The van der Waals surface area contributed by atoms with Crippen LogP contribution in [0.3, 0.4) is 0 Å². The summed E-state index contributed by atoms with van der Waals surface area (Å²) in [6.07, 6.45) is 0.728. The second-order valence-corrected chi connectivity index (χ2v) is 9.23. The fourth-order valence-corrected chi connectivity index (χ4v) is 5.13. The van der Waals surface area contributed by atoms with Crippen molar-refractivity contribution in [1.82, 2.24) is 0 Å². The Morgan fingerprint density at radius 1 is 0.973 bits per heavy atom.